The summed E-state index contributed by atoms with van der Waals surface area (Å²) in [6, 6.07) is 17.1. The zero-order valence-electron chi connectivity index (χ0n) is 13.1. The van der Waals surface area contributed by atoms with Gasteiger partial charge in [0, 0.05) is 12.2 Å². The molecule has 0 fully saturated rings. The molecule has 0 saturated heterocycles. The van der Waals surface area contributed by atoms with E-state index in [1.807, 2.05) is 68.7 Å². The molecule has 2 aromatic carbocycles. The smallest absolute Gasteiger partial charge is 0.241 e. The normalized spacial score (nSPS) is 12.2. The molecule has 1 amide bonds. The van der Waals surface area contributed by atoms with Crippen LogP contribution in [0.2, 0.25) is 0 Å². The Labute approximate surface area is 131 Å². The van der Waals surface area contributed by atoms with Crippen LogP contribution in [0.4, 0.5) is 5.69 Å². The first kappa shape index (κ1) is 16.2. The number of hydrogen-bond donors (Lipinski definition) is 2. The Bertz CT molecular complexity index is 611. The minimum Gasteiger partial charge on any atom is -0.325 e. The van der Waals surface area contributed by atoms with Crippen LogP contribution in [0, 0.1) is 0 Å². The van der Waals surface area contributed by atoms with Gasteiger partial charge in [0.2, 0.25) is 5.91 Å². The first-order valence-corrected chi connectivity index (χ1v) is 7.38. The van der Waals surface area contributed by atoms with E-state index in [4.69, 9.17) is 5.73 Å². The molecule has 0 radical (unpaired) electrons. The zero-order valence-corrected chi connectivity index (χ0v) is 13.1. The second kappa shape index (κ2) is 7.73. The molecule has 116 valence electrons. The number of nitrogens with one attached hydrogen (secondary N) is 1. The SMILES string of the molecule is CN(C)Cc1cccc(NC(=O)[C@@H](N)Cc2ccccc2)c1. The average Bonchev–Trinajstić information content (AvgIpc) is 2.48. The molecule has 0 bridgehead atoms. The van der Waals surface area contributed by atoms with Gasteiger partial charge in [-0.15, -0.1) is 0 Å². The van der Waals surface area contributed by atoms with Crippen LogP contribution in [0.3, 0.4) is 0 Å². The number of anilines is 1. The van der Waals surface area contributed by atoms with Crippen molar-refractivity contribution < 1.29 is 4.79 Å². The predicted molar refractivity (Wildman–Crippen MR) is 90.6 cm³/mol. The summed E-state index contributed by atoms with van der Waals surface area (Å²) >= 11 is 0. The highest BCUT2D eigenvalue weighted by atomic mass is 16.2. The van der Waals surface area contributed by atoms with E-state index < -0.39 is 6.04 Å². The number of amides is 1. The largest absolute Gasteiger partial charge is 0.325 e. The summed E-state index contributed by atoms with van der Waals surface area (Å²) in [5.41, 5.74) is 8.99. The van der Waals surface area contributed by atoms with Gasteiger partial charge < -0.3 is 16.0 Å². The molecule has 2 rings (SSSR count). The van der Waals surface area contributed by atoms with Crippen molar-refractivity contribution >= 4 is 11.6 Å². The van der Waals surface area contributed by atoms with Gasteiger partial charge >= 0.3 is 0 Å². The number of benzene rings is 2. The van der Waals surface area contributed by atoms with E-state index in [-0.39, 0.29) is 5.91 Å². The van der Waals surface area contributed by atoms with Gasteiger partial charge in [0.15, 0.2) is 0 Å². The third kappa shape index (κ3) is 4.98. The molecule has 22 heavy (non-hydrogen) atoms. The standard InChI is InChI=1S/C18H23N3O/c1-21(2)13-15-9-6-10-16(11-15)20-18(22)17(19)12-14-7-4-3-5-8-14/h3-11,17H,12-13,19H2,1-2H3,(H,20,22)/t17-/m0/s1. The quantitative estimate of drug-likeness (QED) is 0.860. The molecule has 0 aliphatic heterocycles. The monoisotopic (exact) mass is 297 g/mol. The summed E-state index contributed by atoms with van der Waals surface area (Å²) in [5, 5.41) is 2.89. The molecular formula is C18H23N3O. The summed E-state index contributed by atoms with van der Waals surface area (Å²) < 4.78 is 0. The average molecular weight is 297 g/mol. The molecule has 0 spiro atoms. The van der Waals surface area contributed by atoms with Crippen molar-refractivity contribution in [3.8, 4) is 0 Å². The lowest BCUT2D eigenvalue weighted by Gasteiger charge is -2.14. The molecule has 0 aromatic heterocycles. The van der Waals surface area contributed by atoms with E-state index in [1.165, 1.54) is 0 Å². The third-order valence-corrected chi connectivity index (χ3v) is 3.33. The Kier molecular flexibility index (Phi) is 5.69. The van der Waals surface area contributed by atoms with E-state index in [2.05, 4.69) is 10.2 Å². The van der Waals surface area contributed by atoms with Crippen LogP contribution in [0.25, 0.3) is 0 Å². The van der Waals surface area contributed by atoms with Crippen molar-refractivity contribution in [3.63, 3.8) is 0 Å². The highest BCUT2D eigenvalue weighted by Gasteiger charge is 2.14. The van der Waals surface area contributed by atoms with E-state index in [0.717, 1.165) is 23.4 Å². The second-order valence-electron chi connectivity index (χ2n) is 5.72. The van der Waals surface area contributed by atoms with E-state index in [1.54, 1.807) is 0 Å². The van der Waals surface area contributed by atoms with Crippen molar-refractivity contribution in [2.24, 2.45) is 5.73 Å². The Morgan fingerprint density at radius 2 is 1.77 bits per heavy atom. The van der Waals surface area contributed by atoms with Crippen LogP contribution < -0.4 is 11.1 Å². The maximum absolute atomic E-state index is 12.2. The van der Waals surface area contributed by atoms with Crippen molar-refractivity contribution in [3.05, 3.63) is 65.7 Å². The lowest BCUT2D eigenvalue weighted by atomic mass is 10.1. The summed E-state index contributed by atoms with van der Waals surface area (Å²) in [6.45, 7) is 0.833. The number of nitrogens with zero attached hydrogens (tertiary/aromatic N) is 1. The zero-order chi connectivity index (χ0) is 15.9. The molecule has 0 heterocycles. The fourth-order valence-corrected chi connectivity index (χ4v) is 2.31. The van der Waals surface area contributed by atoms with Crippen molar-refractivity contribution in [1.82, 2.24) is 4.90 Å². The molecule has 0 aliphatic carbocycles. The lowest BCUT2D eigenvalue weighted by Crippen LogP contribution is -2.37. The van der Waals surface area contributed by atoms with Gasteiger partial charge in [-0.1, -0.05) is 42.5 Å². The van der Waals surface area contributed by atoms with Crippen molar-refractivity contribution in [2.45, 2.75) is 19.0 Å². The van der Waals surface area contributed by atoms with Crippen LogP contribution in [0.15, 0.2) is 54.6 Å². The van der Waals surface area contributed by atoms with Crippen molar-refractivity contribution in [1.29, 1.82) is 0 Å². The summed E-state index contributed by atoms with van der Waals surface area (Å²) in [6.07, 6.45) is 0.532. The number of carbonyl (C=O) groups excluding carboxylic acids is 1. The van der Waals surface area contributed by atoms with E-state index in [9.17, 15) is 4.79 Å². The molecule has 0 unspecified atom stereocenters. The van der Waals surface area contributed by atoms with E-state index >= 15 is 0 Å². The number of nitrogens with two attached hydrogens (primary N) is 1. The highest BCUT2D eigenvalue weighted by Crippen LogP contribution is 2.12. The minimum absolute atomic E-state index is 0.161. The summed E-state index contributed by atoms with van der Waals surface area (Å²) in [4.78, 5) is 14.3. The first-order chi connectivity index (χ1) is 10.5. The van der Waals surface area contributed by atoms with Crippen LogP contribution >= 0.6 is 0 Å². The molecule has 3 N–H and O–H groups in total. The molecular weight excluding hydrogens is 274 g/mol. The highest BCUT2D eigenvalue weighted by molar-refractivity contribution is 5.94. The molecule has 4 nitrogen and oxygen atoms in total. The van der Waals surface area contributed by atoms with Crippen LogP contribution in [0.5, 0.6) is 0 Å². The van der Waals surface area contributed by atoms with Gasteiger partial charge in [0.1, 0.15) is 0 Å². The van der Waals surface area contributed by atoms with E-state index in [0.29, 0.717) is 6.42 Å². The Morgan fingerprint density at radius 3 is 2.45 bits per heavy atom. The van der Waals surface area contributed by atoms with Gasteiger partial charge in [0.05, 0.1) is 6.04 Å². The molecule has 0 aliphatic rings. The van der Waals surface area contributed by atoms with Gasteiger partial charge in [-0.05, 0) is 43.8 Å². The summed E-state index contributed by atoms with van der Waals surface area (Å²) in [5.74, 6) is -0.161. The van der Waals surface area contributed by atoms with Crippen molar-refractivity contribution in [2.75, 3.05) is 19.4 Å². The topological polar surface area (TPSA) is 58.4 Å². The van der Waals surface area contributed by atoms with Crippen LogP contribution in [-0.2, 0) is 17.8 Å². The van der Waals surface area contributed by atoms with Gasteiger partial charge in [-0.25, -0.2) is 0 Å². The maximum atomic E-state index is 12.2. The molecule has 2 aromatic rings. The number of carbonyl (C=O) groups is 1. The van der Waals surface area contributed by atoms with Gasteiger partial charge in [-0.2, -0.15) is 0 Å². The predicted octanol–water partition coefficient (Wildman–Crippen LogP) is 2.26. The Balaban J connectivity index is 1.96. The molecule has 4 heteroatoms. The fraction of sp³-hybridized carbons (Fsp3) is 0.278. The Hall–Kier alpha value is -2.17. The maximum Gasteiger partial charge on any atom is 0.241 e. The molecule has 1 atom stereocenters. The van der Waals surface area contributed by atoms with Gasteiger partial charge in [0.25, 0.3) is 0 Å². The third-order valence-electron chi connectivity index (χ3n) is 3.33. The number of hydrogen-bond acceptors (Lipinski definition) is 3. The number of rotatable bonds is 6. The first-order valence-electron chi connectivity index (χ1n) is 7.38. The minimum atomic E-state index is -0.556. The van der Waals surface area contributed by atoms with Gasteiger partial charge in [-0.3, -0.25) is 4.79 Å². The van der Waals surface area contributed by atoms with Crippen LogP contribution in [-0.4, -0.2) is 30.9 Å². The fourth-order valence-electron chi connectivity index (χ4n) is 2.31. The van der Waals surface area contributed by atoms with Crippen LogP contribution in [0.1, 0.15) is 11.1 Å². The second-order valence-corrected chi connectivity index (χ2v) is 5.72. The Morgan fingerprint density at radius 1 is 1.09 bits per heavy atom. The summed E-state index contributed by atoms with van der Waals surface area (Å²) in [7, 11) is 4.03. The molecule has 0 saturated carbocycles. The lowest BCUT2D eigenvalue weighted by molar-refractivity contribution is -0.117.